The van der Waals surface area contributed by atoms with Gasteiger partial charge in [-0.05, 0) is 24.3 Å². The van der Waals surface area contributed by atoms with Gasteiger partial charge in [0.1, 0.15) is 5.75 Å². The topological polar surface area (TPSA) is 51.2 Å². The molecule has 0 saturated heterocycles. The number of hydrogen-bond acceptors (Lipinski definition) is 5. The van der Waals surface area contributed by atoms with E-state index >= 15 is 0 Å². The van der Waals surface area contributed by atoms with E-state index in [9.17, 15) is 4.79 Å². The molecule has 1 N–H and O–H groups in total. The number of thiazole rings is 1. The molecule has 17 heavy (non-hydrogen) atoms. The van der Waals surface area contributed by atoms with E-state index in [0.29, 0.717) is 10.0 Å². The third kappa shape index (κ3) is 2.82. The van der Waals surface area contributed by atoms with E-state index in [2.05, 4.69) is 10.3 Å². The average Bonchev–Trinajstić information content (AvgIpc) is 2.79. The summed E-state index contributed by atoms with van der Waals surface area (Å²) < 4.78 is 5.07. The van der Waals surface area contributed by atoms with Crippen LogP contribution in [0.5, 0.6) is 5.75 Å². The molecule has 2 rings (SSSR count). The Balaban J connectivity index is 2.11. The molecule has 0 spiro atoms. The fraction of sp³-hybridized carbons (Fsp3) is 0.167. The average molecular weight is 248 g/mol. The number of benzene rings is 1. The van der Waals surface area contributed by atoms with E-state index in [-0.39, 0.29) is 5.78 Å². The normalized spacial score (nSPS) is 10.0. The van der Waals surface area contributed by atoms with Gasteiger partial charge in [-0.25, -0.2) is 4.98 Å². The molecule has 0 saturated carbocycles. The van der Waals surface area contributed by atoms with Crippen molar-refractivity contribution in [3.8, 4) is 5.75 Å². The predicted molar refractivity (Wildman–Crippen MR) is 68.4 cm³/mol. The molecular weight excluding hydrogens is 236 g/mol. The van der Waals surface area contributed by atoms with Crippen molar-refractivity contribution in [2.75, 3.05) is 12.4 Å². The Labute approximate surface area is 103 Å². The van der Waals surface area contributed by atoms with Gasteiger partial charge in [-0.15, -0.1) is 0 Å². The molecule has 0 aliphatic carbocycles. The highest BCUT2D eigenvalue weighted by Crippen LogP contribution is 2.24. The minimum atomic E-state index is 0.0327. The summed E-state index contributed by atoms with van der Waals surface area (Å²) in [5.74, 6) is 0.837. The van der Waals surface area contributed by atoms with Gasteiger partial charge in [0.15, 0.2) is 10.9 Å². The molecule has 2 aromatic rings. The number of aromatic nitrogens is 1. The van der Waals surface area contributed by atoms with Crippen LogP contribution in [-0.2, 0) is 0 Å². The number of ketones is 1. The molecule has 1 heterocycles. The van der Waals surface area contributed by atoms with Crippen molar-refractivity contribution in [3.63, 3.8) is 0 Å². The highest BCUT2D eigenvalue weighted by Gasteiger charge is 2.05. The first-order valence-electron chi connectivity index (χ1n) is 5.07. The maximum absolute atomic E-state index is 11.1. The third-order valence-electron chi connectivity index (χ3n) is 2.19. The lowest BCUT2D eigenvalue weighted by atomic mass is 10.3. The number of carbonyl (C=O) groups is 1. The largest absolute Gasteiger partial charge is 0.497 e. The molecule has 4 nitrogen and oxygen atoms in total. The lowest BCUT2D eigenvalue weighted by Crippen LogP contribution is -1.89. The quantitative estimate of drug-likeness (QED) is 0.845. The van der Waals surface area contributed by atoms with Gasteiger partial charge in [0, 0.05) is 12.6 Å². The summed E-state index contributed by atoms with van der Waals surface area (Å²) in [7, 11) is 1.63. The number of nitrogens with zero attached hydrogens (tertiary/aromatic N) is 1. The van der Waals surface area contributed by atoms with Crippen molar-refractivity contribution >= 4 is 27.9 Å². The highest BCUT2D eigenvalue weighted by molar-refractivity contribution is 7.17. The van der Waals surface area contributed by atoms with Crippen LogP contribution in [0.4, 0.5) is 10.8 Å². The van der Waals surface area contributed by atoms with Gasteiger partial charge in [0.25, 0.3) is 0 Å². The molecule has 0 aliphatic rings. The third-order valence-corrected chi connectivity index (χ3v) is 3.21. The fourth-order valence-electron chi connectivity index (χ4n) is 1.29. The number of Topliss-reactive ketones (excluding diaryl/α,β-unsaturated/α-hetero) is 1. The van der Waals surface area contributed by atoms with Crippen LogP contribution < -0.4 is 10.1 Å². The second-order valence-electron chi connectivity index (χ2n) is 3.44. The van der Waals surface area contributed by atoms with Crippen LogP contribution >= 0.6 is 11.3 Å². The zero-order valence-corrected chi connectivity index (χ0v) is 10.4. The Bertz CT molecular complexity index is 520. The standard InChI is InChI=1S/C12H12N2O2S/c1-8(15)11-7-13-12(17-11)14-9-3-5-10(16-2)6-4-9/h3-7H,1-2H3,(H,13,14). The predicted octanol–water partition coefficient (Wildman–Crippen LogP) is 3.10. The molecule has 0 bridgehead atoms. The summed E-state index contributed by atoms with van der Waals surface area (Å²) in [6, 6.07) is 7.52. The Kier molecular flexibility index (Phi) is 3.39. The first kappa shape index (κ1) is 11.6. The molecule has 0 amide bonds. The Morgan fingerprint density at radius 2 is 2.06 bits per heavy atom. The van der Waals surface area contributed by atoms with Crippen molar-refractivity contribution in [3.05, 3.63) is 35.3 Å². The lowest BCUT2D eigenvalue weighted by Gasteiger charge is -2.03. The first-order chi connectivity index (χ1) is 8.19. The highest BCUT2D eigenvalue weighted by atomic mass is 32.1. The van der Waals surface area contributed by atoms with Crippen LogP contribution in [0, 0.1) is 0 Å². The van der Waals surface area contributed by atoms with Crippen LogP contribution in [0.25, 0.3) is 0 Å². The van der Waals surface area contributed by atoms with Gasteiger partial charge in [-0.2, -0.15) is 0 Å². The summed E-state index contributed by atoms with van der Waals surface area (Å²) in [6.07, 6.45) is 1.58. The van der Waals surface area contributed by atoms with Gasteiger partial charge < -0.3 is 10.1 Å². The van der Waals surface area contributed by atoms with Gasteiger partial charge in [0.2, 0.25) is 0 Å². The molecule has 88 valence electrons. The van der Waals surface area contributed by atoms with Crippen molar-refractivity contribution in [2.45, 2.75) is 6.92 Å². The van der Waals surface area contributed by atoms with Crippen molar-refractivity contribution in [2.24, 2.45) is 0 Å². The number of anilines is 2. The summed E-state index contributed by atoms with van der Waals surface area (Å²) in [4.78, 5) is 15.9. The van der Waals surface area contributed by atoms with Crippen molar-refractivity contribution < 1.29 is 9.53 Å². The zero-order valence-electron chi connectivity index (χ0n) is 9.56. The molecule has 1 aromatic carbocycles. The van der Waals surface area contributed by atoms with E-state index in [0.717, 1.165) is 11.4 Å². The number of carbonyl (C=O) groups excluding carboxylic acids is 1. The molecule has 5 heteroatoms. The van der Waals surface area contributed by atoms with Gasteiger partial charge in [0.05, 0.1) is 18.2 Å². The second kappa shape index (κ2) is 4.97. The monoisotopic (exact) mass is 248 g/mol. The van der Waals surface area contributed by atoms with Crippen LogP contribution in [-0.4, -0.2) is 17.9 Å². The molecule has 0 radical (unpaired) electrons. The van der Waals surface area contributed by atoms with Crippen LogP contribution in [0.2, 0.25) is 0 Å². The van der Waals surface area contributed by atoms with Gasteiger partial charge in [-0.1, -0.05) is 11.3 Å². The van der Waals surface area contributed by atoms with E-state index in [1.165, 1.54) is 18.3 Å². The van der Waals surface area contributed by atoms with E-state index in [1.54, 1.807) is 13.3 Å². The number of hydrogen-bond donors (Lipinski definition) is 1. The summed E-state index contributed by atoms with van der Waals surface area (Å²) >= 11 is 1.34. The Morgan fingerprint density at radius 1 is 1.35 bits per heavy atom. The van der Waals surface area contributed by atoms with E-state index < -0.39 is 0 Å². The number of ether oxygens (including phenoxy) is 1. The zero-order chi connectivity index (χ0) is 12.3. The maximum Gasteiger partial charge on any atom is 0.187 e. The second-order valence-corrected chi connectivity index (χ2v) is 4.47. The van der Waals surface area contributed by atoms with Gasteiger partial charge >= 0.3 is 0 Å². The van der Waals surface area contributed by atoms with Crippen LogP contribution in [0.1, 0.15) is 16.6 Å². The Hall–Kier alpha value is -1.88. The fourth-order valence-corrected chi connectivity index (χ4v) is 2.02. The smallest absolute Gasteiger partial charge is 0.187 e. The molecule has 0 fully saturated rings. The summed E-state index contributed by atoms with van der Waals surface area (Å²) in [5.41, 5.74) is 0.912. The van der Waals surface area contributed by atoms with Crippen LogP contribution in [0.3, 0.4) is 0 Å². The molecule has 0 atom stereocenters. The molecule has 1 aromatic heterocycles. The lowest BCUT2D eigenvalue weighted by molar-refractivity contribution is 0.102. The minimum absolute atomic E-state index is 0.0327. The summed E-state index contributed by atoms with van der Waals surface area (Å²) in [5, 5.41) is 3.84. The van der Waals surface area contributed by atoms with Crippen molar-refractivity contribution in [1.29, 1.82) is 0 Å². The van der Waals surface area contributed by atoms with Gasteiger partial charge in [-0.3, -0.25) is 4.79 Å². The number of nitrogens with one attached hydrogen (secondary N) is 1. The van der Waals surface area contributed by atoms with Crippen LogP contribution in [0.15, 0.2) is 30.5 Å². The molecule has 0 unspecified atom stereocenters. The number of rotatable bonds is 4. The number of methoxy groups -OCH3 is 1. The molecular formula is C12H12N2O2S. The van der Waals surface area contributed by atoms with E-state index in [1.807, 2.05) is 24.3 Å². The summed E-state index contributed by atoms with van der Waals surface area (Å²) in [6.45, 7) is 1.53. The maximum atomic E-state index is 11.1. The Morgan fingerprint density at radius 3 is 2.59 bits per heavy atom. The van der Waals surface area contributed by atoms with E-state index in [4.69, 9.17) is 4.74 Å². The minimum Gasteiger partial charge on any atom is -0.497 e. The SMILES string of the molecule is COc1ccc(Nc2ncc(C(C)=O)s2)cc1. The van der Waals surface area contributed by atoms with Crippen molar-refractivity contribution in [1.82, 2.24) is 4.98 Å². The first-order valence-corrected chi connectivity index (χ1v) is 5.88. The molecule has 0 aliphatic heterocycles.